The van der Waals surface area contributed by atoms with Crippen molar-refractivity contribution in [1.29, 1.82) is 2.86 Å². The highest BCUT2D eigenvalue weighted by atomic mass is 35.5. The number of carbonyl (C=O) groups excluding carboxylic acids is 1. The van der Waals surface area contributed by atoms with E-state index in [0.717, 1.165) is 0 Å². The van der Waals surface area contributed by atoms with Gasteiger partial charge in [-0.15, -0.1) is 0 Å². The molecule has 0 aliphatic heterocycles. The van der Waals surface area contributed by atoms with Gasteiger partial charge >= 0.3 is 5.97 Å². The maximum absolute atomic E-state index is 12.1. The Morgan fingerprint density at radius 3 is 2.95 bits per heavy atom. The van der Waals surface area contributed by atoms with Crippen LogP contribution in [0.25, 0.3) is 12.6 Å². The van der Waals surface area contributed by atoms with Crippen LogP contribution in [0.2, 0.25) is 6.43 Å². The number of nitrogens with one attached hydrogen (secondary N) is 1. The highest BCUT2D eigenvalue weighted by Crippen LogP contribution is 2.26. The molecule has 6 nitrogen and oxygen atoms in total. The first-order chi connectivity index (χ1) is 11.5. The lowest BCUT2D eigenvalue weighted by Gasteiger charge is -2.07. The predicted octanol–water partition coefficient (Wildman–Crippen LogP) is 1.92. The number of pyridine rings is 1. The Kier molecular flexibility index (Phi) is 3.30. The number of aliphatic carboxylic acids is 1. The van der Waals surface area contributed by atoms with Crippen molar-refractivity contribution in [3.05, 3.63) is 47.2 Å². The van der Waals surface area contributed by atoms with Gasteiger partial charge in [-0.1, -0.05) is 23.7 Å². The molecular weight excluding hydrogens is 296 g/mol. The monoisotopic (exact) mass is 309 g/mol. The molecular formula is C14H11ClN2O4. The van der Waals surface area contributed by atoms with Crippen molar-refractivity contribution < 1.29 is 21.2 Å². The molecule has 0 saturated heterocycles. The summed E-state index contributed by atoms with van der Waals surface area (Å²) in [4.78, 5) is 27.0. The molecule has 0 saturated carbocycles. The number of carboxylic acids is 1. The first-order valence-electron chi connectivity index (χ1n) is 7.08. The van der Waals surface area contributed by atoms with Gasteiger partial charge in [-0.3, -0.25) is 9.59 Å². The molecule has 2 aromatic rings. The molecule has 1 amide bonds. The molecule has 0 fully saturated rings. The van der Waals surface area contributed by atoms with Gasteiger partial charge in [0.2, 0.25) is 0 Å². The number of aromatic hydroxyl groups is 1. The Bertz CT molecular complexity index is 775. The normalized spacial score (nSPS) is 11.8. The standard InChI is InChI=1S/C14H11ClN2O4/c15-10-3-1-2-8(4-10)9-5-11(18)13(16-6-9)14(21)17-7-12(19)20/h1-6,18H,7H2,(H,17,21)(H,19,20)/i/hD3. The van der Waals surface area contributed by atoms with Crippen molar-refractivity contribution in [2.75, 3.05) is 6.54 Å². The Balaban J connectivity index is 2.32. The van der Waals surface area contributed by atoms with Gasteiger partial charge in [0.05, 0.1) is 0 Å². The Morgan fingerprint density at radius 2 is 2.24 bits per heavy atom. The number of hydrogen-bond acceptors (Lipinski definition) is 5. The van der Waals surface area contributed by atoms with E-state index in [1.54, 1.807) is 24.3 Å². The third-order valence-electron chi connectivity index (χ3n) is 2.57. The summed E-state index contributed by atoms with van der Waals surface area (Å²) >= 11 is 5.92. The number of aromatic nitrogens is 1. The van der Waals surface area contributed by atoms with E-state index in [0.29, 0.717) is 16.1 Å². The average Bonchev–Trinajstić information content (AvgIpc) is 2.60. The van der Waals surface area contributed by atoms with Crippen LogP contribution < -0.4 is 5.31 Å². The molecule has 2 rings (SSSR count). The summed E-state index contributed by atoms with van der Waals surface area (Å²) in [6, 6.07) is 8.27. The zero-order chi connectivity index (χ0) is 17.7. The fourth-order valence-electron chi connectivity index (χ4n) is 1.64. The molecule has 0 atom stereocenters. The SMILES string of the molecule is [2H]OC(=O)CN([2H])C(=O)c1ncc(-c2cccc(Cl)c2)cc1O[2H]. The van der Waals surface area contributed by atoms with Gasteiger partial charge in [0.1, 0.15) is 12.3 Å². The molecule has 0 unspecified atom stereocenters. The van der Waals surface area contributed by atoms with E-state index in [2.05, 4.69) is 15.2 Å². The van der Waals surface area contributed by atoms with E-state index in [1.807, 2.05) is 0 Å². The molecule has 21 heavy (non-hydrogen) atoms. The summed E-state index contributed by atoms with van der Waals surface area (Å²) < 4.78 is 21.0. The van der Waals surface area contributed by atoms with Crippen LogP contribution >= 0.6 is 11.6 Å². The van der Waals surface area contributed by atoms with Crippen molar-refractivity contribution >= 4 is 23.5 Å². The van der Waals surface area contributed by atoms with Crippen molar-refractivity contribution in [2.24, 2.45) is 0 Å². The minimum Gasteiger partial charge on any atom is -0.505 e. The second-order valence-electron chi connectivity index (χ2n) is 4.07. The second kappa shape index (κ2) is 6.23. The molecule has 1 aromatic carbocycles. The summed E-state index contributed by atoms with van der Waals surface area (Å²) in [7, 11) is 0. The van der Waals surface area contributed by atoms with Crippen molar-refractivity contribution in [3.8, 4) is 16.9 Å². The number of rotatable bonds is 5. The van der Waals surface area contributed by atoms with Crippen molar-refractivity contribution in [3.63, 3.8) is 0 Å². The number of carbonyl (C=O) groups is 2. The van der Waals surface area contributed by atoms with Crippen LogP contribution in [0.1, 0.15) is 10.5 Å². The highest BCUT2D eigenvalue weighted by Gasteiger charge is 2.14. The summed E-state index contributed by atoms with van der Waals surface area (Å²) in [5.41, 5.74) is 0.940. The zero-order valence-corrected chi connectivity index (χ0v) is 11.3. The number of halogens is 1. The average molecular weight is 310 g/mol. The predicted molar refractivity (Wildman–Crippen MR) is 76.3 cm³/mol. The Labute approximate surface area is 129 Å². The maximum Gasteiger partial charge on any atom is 0.322 e. The minimum atomic E-state index is -1.08. The molecule has 0 aliphatic rings. The van der Waals surface area contributed by atoms with Crippen LogP contribution in [0, 0.1) is 0 Å². The fraction of sp³-hybridized carbons (Fsp3) is 0.0714. The van der Waals surface area contributed by atoms with E-state index in [9.17, 15) is 9.59 Å². The molecule has 0 aliphatic carbocycles. The largest absolute Gasteiger partial charge is 0.505 e. The molecule has 108 valence electrons. The second-order valence-corrected chi connectivity index (χ2v) is 4.51. The Morgan fingerprint density at radius 1 is 1.38 bits per heavy atom. The molecule has 0 spiro atoms. The third kappa shape index (κ3) is 3.70. The number of hydrogen-bond donors (Lipinski definition) is 3. The third-order valence-corrected chi connectivity index (χ3v) is 2.80. The number of carboxylic acid groups (broad SMARTS) is 1. The molecule has 1 heterocycles. The molecule has 0 bridgehead atoms. The summed E-state index contributed by atoms with van der Waals surface area (Å²) in [6.07, 6.45) is 1.36. The number of benzene rings is 1. The van der Waals surface area contributed by atoms with Crippen LogP contribution in [0.5, 0.6) is 5.75 Å². The van der Waals surface area contributed by atoms with Crippen LogP contribution in [0.15, 0.2) is 36.5 Å². The van der Waals surface area contributed by atoms with E-state index >= 15 is 0 Å². The van der Waals surface area contributed by atoms with Crippen LogP contribution in [-0.4, -0.2) is 35.1 Å². The van der Waals surface area contributed by atoms with Crippen LogP contribution in [-0.2, 0) is 4.79 Å². The summed E-state index contributed by atoms with van der Waals surface area (Å²) in [5, 5.41) is 8.83. The van der Waals surface area contributed by atoms with Crippen molar-refractivity contribution in [2.45, 2.75) is 0 Å². The van der Waals surface area contributed by atoms with Gasteiger partial charge in [-0.05, 0) is 23.8 Å². The lowest BCUT2D eigenvalue weighted by molar-refractivity contribution is -0.135. The van der Waals surface area contributed by atoms with Gasteiger partial charge in [0, 0.05) is 16.8 Å². The summed E-state index contributed by atoms with van der Waals surface area (Å²) in [5.74, 6) is -2.24. The fourth-order valence-corrected chi connectivity index (χ4v) is 1.83. The van der Waals surface area contributed by atoms with E-state index in [4.69, 9.17) is 15.9 Å². The highest BCUT2D eigenvalue weighted by molar-refractivity contribution is 6.30. The first-order valence-corrected chi connectivity index (χ1v) is 6.20. The van der Waals surface area contributed by atoms with Crippen molar-refractivity contribution in [1.82, 2.24) is 10.3 Å². The molecule has 3 N–H and O–H groups in total. The smallest absolute Gasteiger partial charge is 0.322 e. The topological polar surface area (TPSA) is 99.5 Å². The first kappa shape index (κ1) is 11.1. The molecule has 1 aromatic heterocycles. The lowest BCUT2D eigenvalue weighted by atomic mass is 10.1. The van der Waals surface area contributed by atoms with E-state index in [1.165, 1.54) is 12.3 Å². The minimum absolute atomic E-state index is 0.186. The van der Waals surface area contributed by atoms with Gasteiger partial charge in [-0.2, -0.15) is 0 Å². The van der Waals surface area contributed by atoms with Crippen LogP contribution in [0.3, 0.4) is 0 Å². The zero-order valence-electron chi connectivity index (χ0n) is 13.6. The van der Waals surface area contributed by atoms with Gasteiger partial charge in [0.25, 0.3) is 8.77 Å². The number of amides is 1. The van der Waals surface area contributed by atoms with Crippen LogP contribution in [0.4, 0.5) is 0 Å². The van der Waals surface area contributed by atoms with E-state index in [-0.39, 0.29) is 16.8 Å². The van der Waals surface area contributed by atoms with Gasteiger partial charge in [-0.25, -0.2) is 4.98 Å². The maximum atomic E-state index is 12.1. The lowest BCUT2D eigenvalue weighted by Crippen LogP contribution is -2.29. The van der Waals surface area contributed by atoms with Gasteiger partial charge in [0.15, 0.2) is 7.11 Å². The van der Waals surface area contributed by atoms with E-state index < -0.39 is 18.4 Å². The Hall–Kier alpha value is -2.60. The number of nitrogens with zero attached hydrogens (tertiary/aromatic N) is 1. The summed E-state index contributed by atoms with van der Waals surface area (Å²) in [6.45, 7) is -0.752. The molecule has 0 radical (unpaired) electrons. The van der Waals surface area contributed by atoms with Gasteiger partial charge < -0.3 is 15.5 Å². The molecule has 7 heteroatoms. The quantitative estimate of drug-likeness (QED) is 0.783.